The van der Waals surface area contributed by atoms with Crippen LogP contribution < -0.4 is 0 Å². The molecule has 0 spiro atoms. The van der Waals surface area contributed by atoms with E-state index in [1.165, 1.54) is 15.6 Å². The highest BCUT2D eigenvalue weighted by molar-refractivity contribution is 7.99. The maximum atomic E-state index is 4.25. The Balaban J connectivity index is 1.73. The van der Waals surface area contributed by atoms with Crippen LogP contribution in [0.5, 0.6) is 0 Å². The van der Waals surface area contributed by atoms with E-state index in [1.807, 2.05) is 16.4 Å². The van der Waals surface area contributed by atoms with E-state index < -0.39 is 0 Å². The van der Waals surface area contributed by atoms with Crippen molar-refractivity contribution >= 4 is 33.2 Å². The topological polar surface area (TPSA) is 30.7 Å². The summed E-state index contributed by atoms with van der Waals surface area (Å²) in [5.74, 6) is 0. The highest BCUT2D eigenvalue weighted by Gasteiger charge is 2.06. The summed E-state index contributed by atoms with van der Waals surface area (Å²) < 4.78 is 3.26. The first-order chi connectivity index (χ1) is 9.74. The molecular weight excluding hydrogens is 286 g/mol. The van der Waals surface area contributed by atoms with Gasteiger partial charge in [0.1, 0.15) is 0 Å². The number of hydrogen-bond acceptors (Lipinski definition) is 4. The first-order valence-electron chi connectivity index (χ1n) is 6.62. The molecule has 0 bridgehead atoms. The van der Waals surface area contributed by atoms with Gasteiger partial charge in [-0.3, -0.25) is 0 Å². The Morgan fingerprint density at radius 1 is 1.35 bits per heavy atom. The molecule has 0 radical (unpaired) electrons. The Morgan fingerprint density at radius 2 is 2.25 bits per heavy atom. The Hall–Kier alpha value is -1.33. The van der Waals surface area contributed by atoms with Crippen LogP contribution in [0, 0.1) is 0 Å². The molecule has 5 heteroatoms. The molecule has 1 atom stereocenters. The zero-order chi connectivity index (χ0) is 13.9. The van der Waals surface area contributed by atoms with Crippen LogP contribution in [0.4, 0.5) is 0 Å². The van der Waals surface area contributed by atoms with Crippen molar-refractivity contribution in [2.75, 3.05) is 6.26 Å². The molecule has 104 valence electrons. The molecule has 3 nitrogen and oxygen atoms in total. The third-order valence-corrected chi connectivity index (χ3v) is 5.22. The first-order valence-corrected chi connectivity index (χ1v) is 8.79. The second-order valence-electron chi connectivity index (χ2n) is 4.95. The maximum absolute atomic E-state index is 4.25. The van der Waals surface area contributed by atoms with Gasteiger partial charge in [0.25, 0.3) is 0 Å². The Bertz CT molecular complexity index is 702. The van der Waals surface area contributed by atoms with Crippen molar-refractivity contribution in [3.8, 4) is 0 Å². The summed E-state index contributed by atoms with van der Waals surface area (Å²) in [6.07, 6.45) is 5.17. The highest BCUT2D eigenvalue weighted by atomic mass is 32.2. The van der Waals surface area contributed by atoms with Crippen molar-refractivity contribution in [1.29, 1.82) is 0 Å². The van der Waals surface area contributed by atoms with Crippen molar-refractivity contribution in [3.63, 3.8) is 0 Å². The largest absolute Gasteiger partial charge is 0.248 e. The van der Waals surface area contributed by atoms with Crippen molar-refractivity contribution < 1.29 is 0 Å². The van der Waals surface area contributed by atoms with E-state index in [-0.39, 0.29) is 0 Å². The predicted octanol–water partition coefficient (Wildman–Crippen LogP) is 3.84. The quantitative estimate of drug-likeness (QED) is 0.717. The highest BCUT2D eigenvalue weighted by Crippen LogP contribution is 2.22. The molecule has 0 saturated carbocycles. The molecule has 0 N–H and O–H groups in total. The standard InChI is InChI=1S/C15H17N3S2/c1-11(19-2)7-14-10-18(17-16-14)9-12-3-4-15-13(8-12)5-6-20-15/h3-6,8,10-11H,7,9H2,1-2H3/t11-/m1/s1. The molecule has 3 rings (SSSR count). The Kier molecular flexibility index (Phi) is 4.08. The number of benzene rings is 1. The molecular formula is C15H17N3S2. The van der Waals surface area contributed by atoms with E-state index in [4.69, 9.17) is 0 Å². The molecule has 20 heavy (non-hydrogen) atoms. The van der Waals surface area contributed by atoms with Crippen molar-refractivity contribution in [1.82, 2.24) is 15.0 Å². The van der Waals surface area contributed by atoms with Gasteiger partial charge in [0, 0.05) is 22.6 Å². The van der Waals surface area contributed by atoms with Crippen molar-refractivity contribution in [2.24, 2.45) is 0 Å². The number of rotatable bonds is 5. The van der Waals surface area contributed by atoms with E-state index in [9.17, 15) is 0 Å². The summed E-state index contributed by atoms with van der Waals surface area (Å²) in [6.45, 7) is 3.00. The lowest BCUT2D eigenvalue weighted by molar-refractivity contribution is 0.649. The van der Waals surface area contributed by atoms with E-state index in [1.54, 1.807) is 11.3 Å². The number of thiophene rings is 1. The zero-order valence-corrected chi connectivity index (χ0v) is 13.2. The van der Waals surface area contributed by atoms with Crippen LogP contribution >= 0.6 is 23.1 Å². The molecule has 1 aromatic carbocycles. The van der Waals surface area contributed by atoms with Gasteiger partial charge < -0.3 is 0 Å². The van der Waals surface area contributed by atoms with Crippen LogP contribution in [0.1, 0.15) is 18.2 Å². The lowest BCUT2D eigenvalue weighted by Crippen LogP contribution is -2.01. The average Bonchev–Trinajstić information content (AvgIpc) is 3.07. The number of nitrogens with zero attached hydrogens (tertiary/aromatic N) is 3. The SMILES string of the molecule is CS[C@H](C)Cc1cn(Cc2ccc3sccc3c2)nn1. The second kappa shape index (κ2) is 5.97. The Labute approximate surface area is 127 Å². The van der Waals surface area contributed by atoms with Gasteiger partial charge in [-0.15, -0.1) is 16.4 Å². The van der Waals surface area contributed by atoms with Gasteiger partial charge in [0.2, 0.25) is 0 Å². The first kappa shape index (κ1) is 13.6. The smallest absolute Gasteiger partial charge is 0.0838 e. The third-order valence-electron chi connectivity index (χ3n) is 3.35. The fourth-order valence-electron chi connectivity index (χ4n) is 2.19. The van der Waals surface area contributed by atoms with E-state index >= 15 is 0 Å². The molecule has 0 aliphatic rings. The summed E-state index contributed by atoms with van der Waals surface area (Å²) in [5, 5.41) is 12.5. The van der Waals surface area contributed by atoms with Gasteiger partial charge in [0.05, 0.1) is 12.2 Å². The van der Waals surface area contributed by atoms with Crippen LogP contribution in [-0.4, -0.2) is 26.5 Å². The molecule has 0 fully saturated rings. The van der Waals surface area contributed by atoms with Crippen LogP contribution in [0.15, 0.2) is 35.8 Å². The van der Waals surface area contributed by atoms with Gasteiger partial charge in [-0.1, -0.05) is 18.2 Å². The van der Waals surface area contributed by atoms with Crippen molar-refractivity contribution in [2.45, 2.75) is 25.1 Å². The van der Waals surface area contributed by atoms with Gasteiger partial charge in [-0.05, 0) is 40.8 Å². The minimum absolute atomic E-state index is 0.585. The second-order valence-corrected chi connectivity index (χ2v) is 7.17. The van der Waals surface area contributed by atoms with E-state index in [0.29, 0.717) is 5.25 Å². The Morgan fingerprint density at radius 3 is 3.10 bits per heavy atom. The average molecular weight is 303 g/mol. The third kappa shape index (κ3) is 3.04. The summed E-state index contributed by atoms with van der Waals surface area (Å²) in [5.41, 5.74) is 2.34. The van der Waals surface area contributed by atoms with Gasteiger partial charge in [-0.25, -0.2) is 4.68 Å². The number of fused-ring (bicyclic) bond motifs is 1. The molecule has 3 aromatic rings. The molecule has 0 aliphatic heterocycles. The lowest BCUT2D eigenvalue weighted by Gasteiger charge is -2.03. The van der Waals surface area contributed by atoms with Crippen molar-refractivity contribution in [3.05, 3.63) is 47.1 Å². The number of hydrogen-bond donors (Lipinski definition) is 0. The summed E-state index contributed by atoms with van der Waals surface area (Å²) in [7, 11) is 0. The molecule has 0 saturated heterocycles. The minimum Gasteiger partial charge on any atom is -0.248 e. The molecule has 0 amide bonds. The fourth-order valence-corrected chi connectivity index (χ4v) is 3.30. The van der Waals surface area contributed by atoms with Crippen LogP contribution in [0.25, 0.3) is 10.1 Å². The molecule has 0 unspecified atom stereocenters. The monoisotopic (exact) mass is 303 g/mol. The summed E-state index contributed by atoms with van der Waals surface area (Å²) in [4.78, 5) is 0. The molecule has 2 heterocycles. The van der Waals surface area contributed by atoms with Crippen LogP contribution in [0.2, 0.25) is 0 Å². The lowest BCUT2D eigenvalue weighted by atomic mass is 10.2. The van der Waals surface area contributed by atoms with Crippen LogP contribution in [-0.2, 0) is 13.0 Å². The predicted molar refractivity (Wildman–Crippen MR) is 87.6 cm³/mol. The zero-order valence-electron chi connectivity index (χ0n) is 11.6. The minimum atomic E-state index is 0.585. The van der Waals surface area contributed by atoms with Crippen LogP contribution in [0.3, 0.4) is 0 Å². The fraction of sp³-hybridized carbons (Fsp3) is 0.333. The van der Waals surface area contributed by atoms with Gasteiger partial charge >= 0.3 is 0 Å². The van der Waals surface area contributed by atoms with E-state index in [2.05, 4.69) is 59.3 Å². The van der Waals surface area contributed by atoms with Gasteiger partial charge in [0.15, 0.2) is 0 Å². The van der Waals surface area contributed by atoms with Gasteiger partial charge in [-0.2, -0.15) is 11.8 Å². The normalized spacial score (nSPS) is 12.9. The molecule has 0 aliphatic carbocycles. The number of aromatic nitrogens is 3. The number of thioether (sulfide) groups is 1. The molecule has 2 aromatic heterocycles. The van der Waals surface area contributed by atoms with E-state index in [0.717, 1.165) is 18.7 Å². The summed E-state index contributed by atoms with van der Waals surface area (Å²) in [6, 6.07) is 8.75. The maximum Gasteiger partial charge on any atom is 0.0838 e. The summed E-state index contributed by atoms with van der Waals surface area (Å²) >= 11 is 3.64.